The molecule has 2 N–H and O–H groups in total. The summed E-state index contributed by atoms with van der Waals surface area (Å²) in [4.78, 5) is 0. The molecule has 1 aromatic carbocycles. The quantitative estimate of drug-likeness (QED) is 0.747. The fraction of sp³-hybridized carbons (Fsp3) is 0.682. The van der Waals surface area contributed by atoms with Gasteiger partial charge < -0.3 is 9.31 Å². The third kappa shape index (κ3) is 4.32. The predicted molar refractivity (Wildman–Crippen MR) is 118 cm³/mol. The fourth-order valence-corrected chi connectivity index (χ4v) is 4.37. The molecule has 3 aliphatic rings. The number of nitrogens with zero attached hydrogens (tertiary/aromatic N) is 2. The highest BCUT2D eigenvalue weighted by atomic mass is 16.7. The number of hydrogen-bond donors (Lipinski definition) is 2. The number of hydrogen-bond acceptors (Lipinski definition) is 6. The zero-order valence-electron chi connectivity index (χ0n) is 18.5. The van der Waals surface area contributed by atoms with E-state index in [-0.39, 0.29) is 18.3 Å². The largest absolute Gasteiger partial charge is 0.494 e. The molecule has 2 aliphatic heterocycles. The summed E-state index contributed by atoms with van der Waals surface area (Å²) in [6.45, 7) is 11.5. The Morgan fingerprint density at radius 1 is 1.10 bits per heavy atom. The van der Waals surface area contributed by atoms with E-state index in [1.807, 2.05) is 0 Å². The first-order chi connectivity index (χ1) is 13.7. The molecule has 0 radical (unpaired) electrons. The van der Waals surface area contributed by atoms with Gasteiger partial charge >= 0.3 is 7.12 Å². The Hall–Kier alpha value is -1.57. The van der Waals surface area contributed by atoms with Gasteiger partial charge in [-0.3, -0.25) is 5.01 Å². The molecule has 0 unspecified atom stereocenters. The Kier molecular flexibility index (Phi) is 5.66. The lowest BCUT2D eigenvalue weighted by Crippen LogP contribution is -2.44. The first kappa shape index (κ1) is 20.7. The first-order valence-corrected chi connectivity index (χ1v) is 11.0. The van der Waals surface area contributed by atoms with E-state index in [0.29, 0.717) is 0 Å². The second kappa shape index (κ2) is 7.93. The van der Waals surface area contributed by atoms with Crippen molar-refractivity contribution in [3.63, 3.8) is 0 Å². The Morgan fingerprint density at radius 2 is 1.79 bits per heavy atom. The molecule has 1 aromatic rings. The SMILES string of the molecule is Cc1ccc(B2OC(C)(C)C(C)(C)O2)cc1CC1=NNNN1CC1CCCCC1. The zero-order valence-corrected chi connectivity index (χ0v) is 18.5. The molecular weight excluding hydrogens is 363 g/mol. The average Bonchev–Trinajstić information content (AvgIpc) is 3.18. The van der Waals surface area contributed by atoms with Crippen LogP contribution in [0.15, 0.2) is 23.3 Å². The number of hydrazone groups is 1. The molecule has 1 saturated carbocycles. The topological polar surface area (TPSA) is 58.1 Å². The highest BCUT2D eigenvalue weighted by Gasteiger charge is 2.51. The highest BCUT2D eigenvalue weighted by Crippen LogP contribution is 2.36. The lowest BCUT2D eigenvalue weighted by Gasteiger charge is -2.32. The number of hydrazine groups is 2. The van der Waals surface area contributed by atoms with E-state index in [4.69, 9.17) is 9.31 Å². The van der Waals surface area contributed by atoms with E-state index in [2.05, 4.69) is 74.0 Å². The minimum Gasteiger partial charge on any atom is -0.399 e. The van der Waals surface area contributed by atoms with Crippen molar-refractivity contribution in [3.8, 4) is 0 Å². The fourth-order valence-electron chi connectivity index (χ4n) is 4.37. The van der Waals surface area contributed by atoms with E-state index >= 15 is 0 Å². The van der Waals surface area contributed by atoms with Crippen molar-refractivity contribution in [1.82, 2.24) is 16.1 Å². The normalized spacial score (nSPS) is 24.0. The lowest BCUT2D eigenvalue weighted by molar-refractivity contribution is 0.00578. The van der Waals surface area contributed by atoms with Gasteiger partial charge in [0.25, 0.3) is 0 Å². The van der Waals surface area contributed by atoms with E-state index < -0.39 is 0 Å². The smallest absolute Gasteiger partial charge is 0.399 e. The maximum absolute atomic E-state index is 6.25. The molecule has 29 heavy (non-hydrogen) atoms. The van der Waals surface area contributed by atoms with Gasteiger partial charge in [0.05, 0.1) is 11.2 Å². The maximum atomic E-state index is 6.25. The summed E-state index contributed by atoms with van der Waals surface area (Å²) in [5.41, 5.74) is 9.10. The summed E-state index contributed by atoms with van der Waals surface area (Å²) in [6, 6.07) is 6.50. The number of aryl methyl sites for hydroxylation is 1. The summed E-state index contributed by atoms with van der Waals surface area (Å²) in [7, 11) is -0.334. The first-order valence-electron chi connectivity index (χ1n) is 11.0. The molecule has 0 bridgehead atoms. The van der Waals surface area contributed by atoms with Crippen LogP contribution in [0.1, 0.15) is 70.9 Å². The van der Waals surface area contributed by atoms with Crippen LogP contribution in [0.3, 0.4) is 0 Å². The van der Waals surface area contributed by atoms with E-state index in [9.17, 15) is 0 Å². The molecule has 158 valence electrons. The molecule has 0 spiro atoms. The lowest BCUT2D eigenvalue weighted by atomic mass is 9.77. The van der Waals surface area contributed by atoms with Gasteiger partial charge in [-0.05, 0) is 70.0 Å². The monoisotopic (exact) mass is 398 g/mol. The summed E-state index contributed by atoms with van der Waals surface area (Å²) in [6.07, 6.45) is 7.52. The Balaban J connectivity index is 1.47. The molecular formula is C22H35BN4O2. The summed E-state index contributed by atoms with van der Waals surface area (Å²) in [5, 5.41) is 6.70. The Morgan fingerprint density at radius 3 is 2.48 bits per heavy atom. The molecule has 0 aromatic heterocycles. The van der Waals surface area contributed by atoms with Crippen LogP contribution in [0.2, 0.25) is 0 Å². The van der Waals surface area contributed by atoms with Crippen LogP contribution in [0.4, 0.5) is 0 Å². The van der Waals surface area contributed by atoms with Crippen LogP contribution < -0.4 is 16.5 Å². The van der Waals surface area contributed by atoms with Crippen molar-refractivity contribution in [1.29, 1.82) is 0 Å². The van der Waals surface area contributed by atoms with Crippen molar-refractivity contribution < 1.29 is 9.31 Å². The van der Waals surface area contributed by atoms with E-state index in [0.717, 1.165) is 30.2 Å². The summed E-state index contributed by atoms with van der Waals surface area (Å²) >= 11 is 0. The second-order valence-electron chi connectivity index (χ2n) is 9.82. The van der Waals surface area contributed by atoms with Crippen LogP contribution in [-0.4, -0.2) is 35.7 Å². The van der Waals surface area contributed by atoms with Crippen molar-refractivity contribution in [2.75, 3.05) is 6.54 Å². The molecule has 1 aliphatic carbocycles. The van der Waals surface area contributed by atoms with Gasteiger partial charge in [-0.15, -0.1) is 10.6 Å². The number of benzene rings is 1. The minimum absolute atomic E-state index is 0.330. The number of nitrogens with one attached hydrogen (secondary N) is 2. The Bertz CT molecular complexity index is 758. The van der Waals surface area contributed by atoms with E-state index in [1.54, 1.807) is 0 Å². The number of rotatable bonds is 5. The van der Waals surface area contributed by atoms with Gasteiger partial charge in [0.15, 0.2) is 0 Å². The van der Waals surface area contributed by atoms with Crippen LogP contribution in [0.5, 0.6) is 0 Å². The zero-order chi connectivity index (χ0) is 20.6. The van der Waals surface area contributed by atoms with Crippen LogP contribution in [0, 0.1) is 12.8 Å². The summed E-state index contributed by atoms with van der Waals surface area (Å²) < 4.78 is 12.5. The van der Waals surface area contributed by atoms with Crippen LogP contribution in [-0.2, 0) is 15.7 Å². The molecule has 0 atom stereocenters. The van der Waals surface area contributed by atoms with Crippen molar-refractivity contribution >= 4 is 18.4 Å². The van der Waals surface area contributed by atoms with Gasteiger partial charge in [-0.2, -0.15) is 0 Å². The molecule has 6 nitrogen and oxygen atoms in total. The molecule has 7 heteroatoms. The summed E-state index contributed by atoms with van der Waals surface area (Å²) in [5.74, 6) is 1.79. The van der Waals surface area contributed by atoms with Crippen LogP contribution >= 0.6 is 0 Å². The Labute approximate surface area is 175 Å². The number of amidine groups is 1. The molecule has 4 rings (SSSR count). The van der Waals surface area contributed by atoms with Crippen LogP contribution in [0.25, 0.3) is 0 Å². The van der Waals surface area contributed by atoms with Gasteiger partial charge in [0, 0.05) is 13.0 Å². The van der Waals surface area contributed by atoms with E-state index in [1.165, 1.54) is 43.2 Å². The van der Waals surface area contributed by atoms with Crippen molar-refractivity contribution in [2.24, 2.45) is 11.0 Å². The maximum Gasteiger partial charge on any atom is 0.494 e. The molecule has 0 amide bonds. The molecule has 2 fully saturated rings. The standard InChI is InChI=1S/C22H35BN4O2/c1-16-11-12-19(23-28-21(2,3)22(4,5)29-23)13-18(16)14-20-24-25-26-27(20)15-17-9-7-6-8-10-17/h11-13,17,25-26H,6-10,14-15H2,1-5H3. The van der Waals surface area contributed by atoms with Gasteiger partial charge in [0.1, 0.15) is 5.84 Å². The molecule has 1 saturated heterocycles. The second-order valence-corrected chi connectivity index (χ2v) is 9.82. The molecule has 2 heterocycles. The third-order valence-electron chi connectivity index (χ3n) is 7.09. The van der Waals surface area contributed by atoms with Crippen molar-refractivity contribution in [3.05, 3.63) is 29.3 Å². The average molecular weight is 398 g/mol. The highest BCUT2D eigenvalue weighted by molar-refractivity contribution is 6.62. The van der Waals surface area contributed by atoms with Crippen molar-refractivity contribution in [2.45, 2.75) is 84.3 Å². The third-order valence-corrected chi connectivity index (χ3v) is 7.09. The van der Waals surface area contributed by atoms with Gasteiger partial charge in [0.2, 0.25) is 0 Å². The van der Waals surface area contributed by atoms with Gasteiger partial charge in [-0.25, -0.2) is 5.53 Å². The predicted octanol–water partition coefficient (Wildman–Crippen LogP) is 3.06. The van der Waals surface area contributed by atoms with Gasteiger partial charge in [-0.1, -0.05) is 37.5 Å². The minimum atomic E-state index is -0.334.